The molecular weight excluding hydrogens is 266 g/mol. The highest BCUT2D eigenvalue weighted by atomic mass is 16.5. The zero-order chi connectivity index (χ0) is 14.9. The van der Waals surface area contributed by atoms with Crippen molar-refractivity contribution in [1.29, 1.82) is 0 Å². The topological polar surface area (TPSA) is 64.9 Å². The molecule has 6 heteroatoms. The summed E-state index contributed by atoms with van der Waals surface area (Å²) in [5.74, 6) is 0. The average molecular weight is 287 g/mol. The average Bonchev–Trinajstić information content (AvgIpc) is 2.94. The summed E-state index contributed by atoms with van der Waals surface area (Å²) >= 11 is 0. The molecule has 1 saturated heterocycles. The van der Waals surface area contributed by atoms with Crippen LogP contribution >= 0.6 is 0 Å². The van der Waals surface area contributed by atoms with Crippen LogP contribution in [0.5, 0.6) is 0 Å². The third-order valence-corrected chi connectivity index (χ3v) is 3.87. The molecule has 0 bridgehead atoms. The standard InChI is InChI=1S/C15H21N5O/c1-11-4-5-12(8-14(11)20-10-16-18-19-20)17-13-6-7-21-15(2,3)9-13/h4-5,8,10,13,17H,6-7,9H2,1-3H3. The highest BCUT2D eigenvalue weighted by Gasteiger charge is 2.28. The Morgan fingerprint density at radius 3 is 2.95 bits per heavy atom. The van der Waals surface area contributed by atoms with Gasteiger partial charge in [-0.3, -0.25) is 0 Å². The maximum atomic E-state index is 5.76. The predicted molar refractivity (Wildman–Crippen MR) is 80.6 cm³/mol. The molecule has 0 aliphatic carbocycles. The molecule has 0 saturated carbocycles. The molecule has 1 N–H and O–H groups in total. The molecule has 1 aromatic carbocycles. The lowest BCUT2D eigenvalue weighted by Crippen LogP contribution is -2.40. The summed E-state index contributed by atoms with van der Waals surface area (Å²) in [5, 5.41) is 15.0. The van der Waals surface area contributed by atoms with Gasteiger partial charge < -0.3 is 10.1 Å². The summed E-state index contributed by atoms with van der Waals surface area (Å²) < 4.78 is 7.45. The van der Waals surface area contributed by atoms with E-state index in [0.29, 0.717) is 6.04 Å². The minimum atomic E-state index is -0.0563. The van der Waals surface area contributed by atoms with Crippen molar-refractivity contribution in [3.8, 4) is 5.69 Å². The van der Waals surface area contributed by atoms with Gasteiger partial charge in [-0.05, 0) is 61.7 Å². The molecule has 2 aromatic rings. The molecule has 1 aliphatic rings. The number of hydrogen-bond donors (Lipinski definition) is 1. The molecule has 21 heavy (non-hydrogen) atoms. The number of aromatic nitrogens is 4. The number of nitrogens with one attached hydrogen (secondary N) is 1. The van der Waals surface area contributed by atoms with E-state index in [4.69, 9.17) is 4.74 Å². The Labute approximate surface area is 124 Å². The van der Waals surface area contributed by atoms with Crippen LogP contribution in [0.15, 0.2) is 24.5 Å². The van der Waals surface area contributed by atoms with Crippen LogP contribution in [0.2, 0.25) is 0 Å². The minimum Gasteiger partial charge on any atom is -0.382 e. The minimum absolute atomic E-state index is 0.0563. The number of hydrogen-bond acceptors (Lipinski definition) is 5. The lowest BCUT2D eigenvalue weighted by atomic mass is 9.94. The molecule has 112 valence electrons. The van der Waals surface area contributed by atoms with Crippen molar-refractivity contribution < 1.29 is 4.74 Å². The van der Waals surface area contributed by atoms with Gasteiger partial charge in [-0.2, -0.15) is 0 Å². The van der Waals surface area contributed by atoms with Crippen LogP contribution in [0.25, 0.3) is 5.69 Å². The molecular formula is C15H21N5O. The van der Waals surface area contributed by atoms with Crippen LogP contribution < -0.4 is 5.32 Å². The van der Waals surface area contributed by atoms with Crippen LogP contribution in [0.1, 0.15) is 32.3 Å². The summed E-state index contributed by atoms with van der Waals surface area (Å²) in [4.78, 5) is 0. The normalized spacial score (nSPS) is 21.2. The molecule has 0 spiro atoms. The van der Waals surface area contributed by atoms with E-state index in [2.05, 4.69) is 59.8 Å². The van der Waals surface area contributed by atoms with E-state index in [1.54, 1.807) is 11.0 Å². The first-order valence-electron chi connectivity index (χ1n) is 7.28. The van der Waals surface area contributed by atoms with E-state index in [1.807, 2.05) is 0 Å². The van der Waals surface area contributed by atoms with Crippen molar-refractivity contribution in [2.45, 2.75) is 45.3 Å². The van der Waals surface area contributed by atoms with E-state index >= 15 is 0 Å². The Bertz CT molecular complexity index is 609. The van der Waals surface area contributed by atoms with Gasteiger partial charge in [0.25, 0.3) is 0 Å². The van der Waals surface area contributed by atoms with Crippen molar-refractivity contribution in [1.82, 2.24) is 20.2 Å². The van der Waals surface area contributed by atoms with E-state index < -0.39 is 0 Å². The largest absolute Gasteiger partial charge is 0.382 e. The summed E-state index contributed by atoms with van der Waals surface area (Å²) in [7, 11) is 0. The molecule has 1 fully saturated rings. The van der Waals surface area contributed by atoms with Crippen molar-refractivity contribution >= 4 is 5.69 Å². The lowest BCUT2D eigenvalue weighted by molar-refractivity contribution is -0.0553. The van der Waals surface area contributed by atoms with Crippen LogP contribution in [-0.4, -0.2) is 38.5 Å². The number of anilines is 1. The zero-order valence-electron chi connectivity index (χ0n) is 12.7. The van der Waals surface area contributed by atoms with Crippen LogP contribution in [0, 0.1) is 6.92 Å². The van der Waals surface area contributed by atoms with Gasteiger partial charge in [0, 0.05) is 18.3 Å². The zero-order valence-corrected chi connectivity index (χ0v) is 12.7. The number of aryl methyl sites for hydroxylation is 1. The number of benzene rings is 1. The van der Waals surface area contributed by atoms with Gasteiger partial charge in [-0.15, -0.1) is 5.10 Å². The summed E-state index contributed by atoms with van der Waals surface area (Å²) in [6.07, 6.45) is 3.64. The Morgan fingerprint density at radius 2 is 2.24 bits per heavy atom. The second-order valence-electron chi connectivity index (χ2n) is 6.20. The first-order valence-corrected chi connectivity index (χ1v) is 7.28. The lowest BCUT2D eigenvalue weighted by Gasteiger charge is -2.36. The molecule has 1 aromatic heterocycles. The first kappa shape index (κ1) is 14.0. The number of rotatable bonds is 3. The second kappa shape index (κ2) is 5.44. The third-order valence-electron chi connectivity index (χ3n) is 3.87. The maximum Gasteiger partial charge on any atom is 0.143 e. The molecule has 1 unspecified atom stereocenters. The summed E-state index contributed by atoms with van der Waals surface area (Å²) in [6, 6.07) is 6.71. The molecule has 2 heterocycles. The highest BCUT2D eigenvalue weighted by Crippen LogP contribution is 2.27. The molecule has 6 nitrogen and oxygen atoms in total. The molecule has 0 radical (unpaired) electrons. The SMILES string of the molecule is Cc1ccc(NC2CCOC(C)(C)C2)cc1-n1cnnn1. The molecule has 1 aliphatic heterocycles. The van der Waals surface area contributed by atoms with Gasteiger partial charge >= 0.3 is 0 Å². The van der Waals surface area contributed by atoms with E-state index in [0.717, 1.165) is 36.4 Å². The fourth-order valence-corrected chi connectivity index (χ4v) is 2.81. The van der Waals surface area contributed by atoms with Crippen LogP contribution in [-0.2, 0) is 4.74 Å². The van der Waals surface area contributed by atoms with Crippen molar-refractivity contribution in [3.63, 3.8) is 0 Å². The number of ether oxygens (including phenoxy) is 1. The molecule has 0 amide bonds. The van der Waals surface area contributed by atoms with Gasteiger partial charge in [0.05, 0.1) is 11.3 Å². The van der Waals surface area contributed by atoms with Crippen LogP contribution in [0.4, 0.5) is 5.69 Å². The second-order valence-corrected chi connectivity index (χ2v) is 6.20. The quantitative estimate of drug-likeness (QED) is 0.938. The number of tetrazole rings is 1. The van der Waals surface area contributed by atoms with Crippen molar-refractivity contribution in [3.05, 3.63) is 30.1 Å². The summed E-state index contributed by atoms with van der Waals surface area (Å²) in [6.45, 7) is 7.14. The fourth-order valence-electron chi connectivity index (χ4n) is 2.81. The number of nitrogens with zero attached hydrogens (tertiary/aromatic N) is 4. The van der Waals surface area contributed by atoms with Gasteiger partial charge in [0.1, 0.15) is 6.33 Å². The Morgan fingerprint density at radius 1 is 1.38 bits per heavy atom. The van der Waals surface area contributed by atoms with E-state index in [-0.39, 0.29) is 5.60 Å². The molecule has 1 atom stereocenters. The summed E-state index contributed by atoms with van der Waals surface area (Å²) in [5.41, 5.74) is 3.17. The molecule has 3 rings (SSSR count). The smallest absolute Gasteiger partial charge is 0.143 e. The van der Waals surface area contributed by atoms with E-state index in [9.17, 15) is 0 Å². The van der Waals surface area contributed by atoms with Crippen molar-refractivity contribution in [2.24, 2.45) is 0 Å². The van der Waals surface area contributed by atoms with E-state index in [1.165, 1.54) is 0 Å². The van der Waals surface area contributed by atoms with Gasteiger partial charge in [0.15, 0.2) is 0 Å². The van der Waals surface area contributed by atoms with Gasteiger partial charge in [-0.1, -0.05) is 6.07 Å². The Kier molecular flexibility index (Phi) is 3.63. The predicted octanol–water partition coefficient (Wildman–Crippen LogP) is 2.34. The van der Waals surface area contributed by atoms with Gasteiger partial charge in [0.2, 0.25) is 0 Å². The Balaban J connectivity index is 1.79. The Hall–Kier alpha value is -1.95. The maximum absolute atomic E-state index is 5.76. The van der Waals surface area contributed by atoms with Gasteiger partial charge in [-0.25, -0.2) is 4.68 Å². The van der Waals surface area contributed by atoms with Crippen molar-refractivity contribution in [2.75, 3.05) is 11.9 Å². The highest BCUT2D eigenvalue weighted by molar-refractivity contribution is 5.55. The fraction of sp³-hybridized carbons (Fsp3) is 0.533. The third kappa shape index (κ3) is 3.21. The monoisotopic (exact) mass is 287 g/mol. The van der Waals surface area contributed by atoms with Crippen LogP contribution in [0.3, 0.4) is 0 Å². The first-order chi connectivity index (χ1) is 10.0.